The first-order valence-electron chi connectivity index (χ1n) is 3.97. The molecular weight excluding hydrogens is 227 g/mol. The van der Waals surface area contributed by atoms with E-state index in [0.29, 0.717) is 6.61 Å². The molecule has 8 heteroatoms. The molecule has 0 aromatic carbocycles. The molecule has 0 atom stereocenters. The maximum atomic E-state index is 10.7. The minimum Gasteiger partial charge on any atom is -0.438 e. The molecule has 0 bridgehead atoms. The first-order chi connectivity index (χ1) is 6.99. The Morgan fingerprint density at radius 2 is 1.47 bits per heavy atom. The van der Waals surface area contributed by atoms with Crippen LogP contribution in [0.15, 0.2) is 0 Å². The first-order valence-corrected chi connectivity index (χ1v) is 5.43. The molecule has 0 saturated carbocycles. The van der Waals surface area contributed by atoms with E-state index >= 15 is 0 Å². The SMILES string of the molecule is CCOC(=O)OC.COP(=O)(OC)OC. The van der Waals surface area contributed by atoms with E-state index in [4.69, 9.17) is 0 Å². The number of ether oxygens (including phenoxy) is 2. The van der Waals surface area contributed by atoms with Crippen LogP contribution in [0, 0.1) is 0 Å². The molecule has 0 aliphatic carbocycles. The van der Waals surface area contributed by atoms with Crippen LogP contribution in [-0.2, 0) is 27.6 Å². The lowest BCUT2D eigenvalue weighted by molar-refractivity contribution is 0.0771. The molecule has 0 fully saturated rings. The number of carbonyl (C=O) groups excluding carboxylic acids is 1. The number of phosphoric ester groups is 1. The normalized spacial score (nSPS) is 9.93. The van der Waals surface area contributed by atoms with Crippen molar-refractivity contribution in [3.63, 3.8) is 0 Å². The summed E-state index contributed by atoms with van der Waals surface area (Å²) in [5.41, 5.74) is 0. The number of phosphoric acid groups is 1. The monoisotopic (exact) mass is 244 g/mol. The highest BCUT2D eigenvalue weighted by molar-refractivity contribution is 7.48. The zero-order chi connectivity index (χ0) is 12.3. The lowest BCUT2D eigenvalue weighted by Crippen LogP contribution is -2.02. The molecule has 0 N–H and O–H groups in total. The Bertz CT molecular complexity index is 186. The van der Waals surface area contributed by atoms with Crippen LogP contribution in [-0.4, -0.2) is 41.2 Å². The molecule has 0 rings (SSSR count). The minimum absolute atomic E-state index is 0.368. The zero-order valence-corrected chi connectivity index (χ0v) is 10.4. The number of hydrogen-bond acceptors (Lipinski definition) is 7. The van der Waals surface area contributed by atoms with E-state index in [9.17, 15) is 9.36 Å². The van der Waals surface area contributed by atoms with Crippen molar-refractivity contribution in [2.75, 3.05) is 35.0 Å². The summed E-state index contributed by atoms with van der Waals surface area (Å²) < 4.78 is 32.2. The van der Waals surface area contributed by atoms with Gasteiger partial charge in [-0.3, -0.25) is 13.6 Å². The molecule has 0 amide bonds. The van der Waals surface area contributed by atoms with Crippen LogP contribution < -0.4 is 0 Å². The molecule has 0 heterocycles. The van der Waals surface area contributed by atoms with Gasteiger partial charge in [-0.25, -0.2) is 9.36 Å². The Balaban J connectivity index is 0. The van der Waals surface area contributed by atoms with Crippen molar-refractivity contribution in [3.05, 3.63) is 0 Å². The van der Waals surface area contributed by atoms with Crippen molar-refractivity contribution in [2.45, 2.75) is 6.92 Å². The summed E-state index contributed by atoms with van der Waals surface area (Å²) in [6.45, 7) is 2.09. The van der Waals surface area contributed by atoms with Gasteiger partial charge in [-0.2, -0.15) is 0 Å². The van der Waals surface area contributed by atoms with E-state index in [-0.39, 0.29) is 0 Å². The molecule has 15 heavy (non-hydrogen) atoms. The van der Waals surface area contributed by atoms with Crippen LogP contribution in [0.4, 0.5) is 4.79 Å². The third kappa shape index (κ3) is 9.68. The second-order valence-corrected chi connectivity index (χ2v) is 3.87. The highest BCUT2D eigenvalue weighted by atomic mass is 31.2. The lowest BCUT2D eigenvalue weighted by Gasteiger charge is -2.08. The van der Waals surface area contributed by atoms with Crippen molar-refractivity contribution < 1.29 is 32.4 Å². The van der Waals surface area contributed by atoms with Crippen molar-refractivity contribution in [1.29, 1.82) is 0 Å². The third-order valence-electron chi connectivity index (χ3n) is 1.10. The quantitative estimate of drug-likeness (QED) is 0.551. The van der Waals surface area contributed by atoms with E-state index < -0.39 is 14.0 Å². The largest absolute Gasteiger partial charge is 0.507 e. The zero-order valence-electron chi connectivity index (χ0n) is 9.51. The second-order valence-electron chi connectivity index (χ2n) is 1.88. The van der Waals surface area contributed by atoms with Gasteiger partial charge >= 0.3 is 14.0 Å². The Morgan fingerprint density at radius 3 is 1.53 bits per heavy atom. The van der Waals surface area contributed by atoms with Gasteiger partial charge < -0.3 is 9.47 Å². The van der Waals surface area contributed by atoms with E-state index in [2.05, 4.69) is 23.0 Å². The van der Waals surface area contributed by atoms with Gasteiger partial charge in [0.05, 0.1) is 13.7 Å². The molecule has 0 aliphatic heterocycles. The summed E-state index contributed by atoms with van der Waals surface area (Å²) in [5.74, 6) is 0. The second kappa shape index (κ2) is 9.92. The molecule has 0 spiro atoms. The maximum absolute atomic E-state index is 10.7. The fourth-order valence-electron chi connectivity index (χ4n) is 0.400. The summed E-state index contributed by atoms with van der Waals surface area (Å²) in [6, 6.07) is 0. The van der Waals surface area contributed by atoms with Crippen LogP contribution in [0.2, 0.25) is 0 Å². The summed E-state index contributed by atoms with van der Waals surface area (Å²) in [6.07, 6.45) is -0.623. The predicted octanol–water partition coefficient (Wildman–Crippen LogP) is 1.82. The van der Waals surface area contributed by atoms with Crippen LogP contribution >= 0.6 is 7.82 Å². The standard InChI is InChI=1S/C4H8O3.C3H9O4P/c1-3-7-4(5)6-2;1-5-8(4,6-2)7-3/h3H2,1-2H3;1-3H3. The van der Waals surface area contributed by atoms with Crippen LogP contribution in [0.25, 0.3) is 0 Å². The lowest BCUT2D eigenvalue weighted by atomic mass is 10.9. The number of carbonyl (C=O) groups is 1. The summed E-state index contributed by atoms with van der Waals surface area (Å²) in [7, 11) is 1.89. The van der Waals surface area contributed by atoms with Gasteiger partial charge in [0, 0.05) is 21.3 Å². The summed E-state index contributed by atoms with van der Waals surface area (Å²) >= 11 is 0. The molecule has 0 saturated heterocycles. The molecule has 7 nitrogen and oxygen atoms in total. The maximum Gasteiger partial charge on any atom is 0.507 e. The van der Waals surface area contributed by atoms with E-state index in [1.54, 1.807) is 6.92 Å². The van der Waals surface area contributed by atoms with Crippen molar-refractivity contribution in [2.24, 2.45) is 0 Å². The van der Waals surface area contributed by atoms with Crippen molar-refractivity contribution in [3.8, 4) is 0 Å². The fourth-order valence-corrected chi connectivity index (χ4v) is 0.848. The van der Waals surface area contributed by atoms with Crippen molar-refractivity contribution >= 4 is 14.0 Å². The first kappa shape index (κ1) is 16.8. The number of hydrogen-bond donors (Lipinski definition) is 0. The summed E-state index contributed by atoms with van der Waals surface area (Å²) in [5, 5.41) is 0. The van der Waals surface area contributed by atoms with Gasteiger partial charge in [0.15, 0.2) is 0 Å². The van der Waals surface area contributed by atoms with E-state index in [1.165, 1.54) is 28.4 Å². The molecule has 0 radical (unpaired) electrons. The van der Waals surface area contributed by atoms with Gasteiger partial charge in [0.25, 0.3) is 0 Å². The van der Waals surface area contributed by atoms with E-state index in [1.807, 2.05) is 0 Å². The molecule has 0 aliphatic rings. The molecule has 0 aromatic rings. The van der Waals surface area contributed by atoms with Gasteiger partial charge in [-0.05, 0) is 6.92 Å². The summed E-state index contributed by atoms with van der Waals surface area (Å²) in [4.78, 5) is 9.97. The number of rotatable bonds is 4. The molecule has 0 aromatic heterocycles. The smallest absolute Gasteiger partial charge is 0.438 e. The van der Waals surface area contributed by atoms with Crippen LogP contribution in [0.5, 0.6) is 0 Å². The Kier molecular flexibility index (Phi) is 11.1. The number of methoxy groups -OCH3 is 1. The minimum atomic E-state index is -3.16. The Hall–Kier alpha value is -0.620. The van der Waals surface area contributed by atoms with Gasteiger partial charge in [0.2, 0.25) is 0 Å². The third-order valence-corrected chi connectivity index (χ3v) is 2.44. The average Bonchev–Trinajstić information content (AvgIpc) is 2.29. The van der Waals surface area contributed by atoms with E-state index in [0.717, 1.165) is 0 Å². The fraction of sp³-hybridized carbons (Fsp3) is 0.857. The topological polar surface area (TPSA) is 80.3 Å². The van der Waals surface area contributed by atoms with Gasteiger partial charge in [-0.15, -0.1) is 0 Å². The van der Waals surface area contributed by atoms with Crippen molar-refractivity contribution in [1.82, 2.24) is 0 Å². The molecular formula is C7H17O7P. The molecule has 0 unspecified atom stereocenters. The van der Waals surface area contributed by atoms with Gasteiger partial charge in [-0.1, -0.05) is 0 Å². The highest BCUT2D eigenvalue weighted by Crippen LogP contribution is 2.46. The Morgan fingerprint density at radius 1 is 1.07 bits per heavy atom. The Labute approximate surface area is 89.2 Å². The van der Waals surface area contributed by atoms with Crippen LogP contribution in [0.3, 0.4) is 0 Å². The predicted molar refractivity (Wildman–Crippen MR) is 52.7 cm³/mol. The molecule has 92 valence electrons. The van der Waals surface area contributed by atoms with Gasteiger partial charge in [0.1, 0.15) is 0 Å². The average molecular weight is 244 g/mol. The highest BCUT2D eigenvalue weighted by Gasteiger charge is 2.18. The van der Waals surface area contributed by atoms with Crippen LogP contribution in [0.1, 0.15) is 6.92 Å².